The Morgan fingerprint density at radius 3 is 2.40 bits per heavy atom. The second-order valence-electron chi connectivity index (χ2n) is 5.57. The molecule has 0 saturated carbocycles. The van der Waals surface area contributed by atoms with E-state index >= 15 is 0 Å². The van der Waals surface area contributed by atoms with Gasteiger partial charge in [0.15, 0.2) is 11.5 Å². The molecule has 2 aromatic carbocycles. The van der Waals surface area contributed by atoms with E-state index in [0.29, 0.717) is 17.9 Å². The van der Waals surface area contributed by atoms with Gasteiger partial charge in [0.05, 0.1) is 26.8 Å². The SMILES string of the molecule is COc1ccc(C(Cc2ccccc2C)NC(=O)CN)cc1OC.Cl. The number of hydrogen-bond donors (Lipinski definition) is 2. The third kappa shape index (κ3) is 5.37. The Hall–Kier alpha value is -2.24. The van der Waals surface area contributed by atoms with Crippen molar-refractivity contribution in [2.45, 2.75) is 19.4 Å². The monoisotopic (exact) mass is 364 g/mol. The number of rotatable bonds is 7. The molecule has 0 spiro atoms. The van der Waals surface area contributed by atoms with Gasteiger partial charge in [-0.1, -0.05) is 30.3 Å². The molecule has 0 aliphatic rings. The molecule has 1 atom stereocenters. The first-order valence-corrected chi connectivity index (χ1v) is 7.85. The molecule has 25 heavy (non-hydrogen) atoms. The van der Waals surface area contributed by atoms with Crippen molar-refractivity contribution < 1.29 is 14.3 Å². The van der Waals surface area contributed by atoms with Gasteiger partial charge in [0, 0.05) is 0 Å². The molecule has 0 radical (unpaired) electrons. The number of benzene rings is 2. The van der Waals surface area contributed by atoms with Gasteiger partial charge in [0.25, 0.3) is 0 Å². The van der Waals surface area contributed by atoms with E-state index in [2.05, 4.69) is 24.4 Å². The molecule has 1 unspecified atom stereocenters. The number of carbonyl (C=O) groups is 1. The molecule has 0 bridgehead atoms. The second-order valence-corrected chi connectivity index (χ2v) is 5.57. The van der Waals surface area contributed by atoms with Gasteiger partial charge < -0.3 is 20.5 Å². The van der Waals surface area contributed by atoms with Crippen molar-refractivity contribution >= 4 is 18.3 Å². The minimum absolute atomic E-state index is 0. The van der Waals surface area contributed by atoms with Crippen LogP contribution in [-0.2, 0) is 11.2 Å². The molecule has 0 saturated heterocycles. The van der Waals surface area contributed by atoms with Gasteiger partial charge in [-0.2, -0.15) is 0 Å². The molecule has 0 heterocycles. The van der Waals surface area contributed by atoms with Crippen molar-refractivity contribution in [3.8, 4) is 11.5 Å². The normalized spacial score (nSPS) is 11.2. The van der Waals surface area contributed by atoms with E-state index in [1.54, 1.807) is 14.2 Å². The van der Waals surface area contributed by atoms with Gasteiger partial charge in [-0.3, -0.25) is 4.79 Å². The highest BCUT2D eigenvalue weighted by Crippen LogP contribution is 2.31. The van der Waals surface area contributed by atoms with E-state index < -0.39 is 0 Å². The predicted octanol–water partition coefficient (Wildman–Crippen LogP) is 2.79. The Balaban J connectivity index is 0.00000312. The lowest BCUT2D eigenvalue weighted by Crippen LogP contribution is -2.34. The molecule has 6 heteroatoms. The van der Waals surface area contributed by atoms with Crippen molar-refractivity contribution in [3.05, 3.63) is 59.2 Å². The molecule has 2 aromatic rings. The van der Waals surface area contributed by atoms with Crippen molar-refractivity contribution in [3.63, 3.8) is 0 Å². The molecular weight excluding hydrogens is 340 g/mol. The Morgan fingerprint density at radius 1 is 1.12 bits per heavy atom. The van der Waals surface area contributed by atoms with Gasteiger partial charge in [-0.15, -0.1) is 12.4 Å². The molecule has 0 aromatic heterocycles. The lowest BCUT2D eigenvalue weighted by atomic mass is 9.95. The molecule has 0 fully saturated rings. The van der Waals surface area contributed by atoms with Crippen LogP contribution >= 0.6 is 12.4 Å². The summed E-state index contributed by atoms with van der Waals surface area (Å²) in [6.45, 7) is 2.02. The Labute approximate surface area is 154 Å². The van der Waals surface area contributed by atoms with Crippen LogP contribution < -0.4 is 20.5 Å². The van der Waals surface area contributed by atoms with Gasteiger partial charge in [0.1, 0.15) is 0 Å². The highest BCUT2D eigenvalue weighted by molar-refractivity contribution is 5.85. The van der Waals surface area contributed by atoms with Crippen LogP contribution in [0.4, 0.5) is 0 Å². The van der Waals surface area contributed by atoms with E-state index in [0.717, 1.165) is 5.56 Å². The maximum atomic E-state index is 11.9. The zero-order valence-electron chi connectivity index (χ0n) is 14.7. The van der Waals surface area contributed by atoms with Crippen molar-refractivity contribution in [1.82, 2.24) is 5.32 Å². The fraction of sp³-hybridized carbons (Fsp3) is 0.316. The first-order valence-electron chi connectivity index (χ1n) is 7.85. The van der Waals surface area contributed by atoms with E-state index in [4.69, 9.17) is 15.2 Å². The summed E-state index contributed by atoms with van der Waals surface area (Å²) in [5.74, 6) is 1.09. The van der Waals surface area contributed by atoms with Crippen molar-refractivity contribution in [2.75, 3.05) is 20.8 Å². The summed E-state index contributed by atoms with van der Waals surface area (Å²) in [7, 11) is 3.19. The first-order chi connectivity index (χ1) is 11.6. The van der Waals surface area contributed by atoms with Gasteiger partial charge >= 0.3 is 0 Å². The number of nitrogens with two attached hydrogens (primary N) is 1. The van der Waals surface area contributed by atoms with Crippen molar-refractivity contribution in [1.29, 1.82) is 0 Å². The first kappa shape index (κ1) is 20.8. The fourth-order valence-corrected chi connectivity index (χ4v) is 2.63. The van der Waals surface area contributed by atoms with E-state index in [-0.39, 0.29) is 30.9 Å². The smallest absolute Gasteiger partial charge is 0.234 e. The minimum Gasteiger partial charge on any atom is -0.493 e. The number of hydrogen-bond acceptors (Lipinski definition) is 4. The number of nitrogens with one attached hydrogen (secondary N) is 1. The summed E-state index contributed by atoms with van der Waals surface area (Å²) in [5.41, 5.74) is 8.77. The topological polar surface area (TPSA) is 73.6 Å². The lowest BCUT2D eigenvalue weighted by molar-refractivity contribution is -0.120. The molecule has 136 valence electrons. The molecule has 5 nitrogen and oxygen atoms in total. The number of amides is 1. The Bertz CT molecular complexity index is 707. The summed E-state index contributed by atoms with van der Waals surface area (Å²) in [4.78, 5) is 11.9. The van der Waals surface area contributed by atoms with Crippen LogP contribution in [0.1, 0.15) is 22.7 Å². The van der Waals surface area contributed by atoms with Crippen LogP contribution in [0.5, 0.6) is 11.5 Å². The number of methoxy groups -OCH3 is 2. The average molecular weight is 365 g/mol. The quantitative estimate of drug-likeness (QED) is 0.792. The number of aryl methyl sites for hydroxylation is 1. The van der Waals surface area contributed by atoms with Gasteiger partial charge in [0.2, 0.25) is 5.91 Å². The van der Waals surface area contributed by atoms with E-state index in [9.17, 15) is 4.79 Å². The molecular formula is C19H25ClN2O3. The van der Waals surface area contributed by atoms with Crippen LogP contribution in [-0.4, -0.2) is 26.7 Å². The lowest BCUT2D eigenvalue weighted by Gasteiger charge is -2.21. The van der Waals surface area contributed by atoms with Crippen LogP contribution in [0, 0.1) is 6.92 Å². The maximum Gasteiger partial charge on any atom is 0.234 e. The van der Waals surface area contributed by atoms with Crippen LogP contribution in [0.25, 0.3) is 0 Å². The van der Waals surface area contributed by atoms with Crippen LogP contribution in [0.3, 0.4) is 0 Å². The molecule has 1 amide bonds. The fourth-order valence-electron chi connectivity index (χ4n) is 2.63. The number of carbonyl (C=O) groups excluding carboxylic acids is 1. The van der Waals surface area contributed by atoms with Crippen LogP contribution in [0.2, 0.25) is 0 Å². The molecule has 0 aliphatic heterocycles. The maximum absolute atomic E-state index is 11.9. The highest BCUT2D eigenvalue weighted by atomic mass is 35.5. The van der Waals surface area contributed by atoms with E-state index in [1.807, 2.05) is 30.3 Å². The highest BCUT2D eigenvalue weighted by Gasteiger charge is 2.17. The Morgan fingerprint density at radius 2 is 1.80 bits per heavy atom. The van der Waals surface area contributed by atoms with E-state index in [1.165, 1.54) is 11.1 Å². The molecule has 2 rings (SSSR count). The average Bonchev–Trinajstić information content (AvgIpc) is 2.62. The molecule has 3 N–H and O–H groups in total. The zero-order valence-corrected chi connectivity index (χ0v) is 15.6. The minimum atomic E-state index is -0.193. The summed E-state index contributed by atoms with van der Waals surface area (Å²) in [6, 6.07) is 13.6. The van der Waals surface area contributed by atoms with Gasteiger partial charge in [-0.25, -0.2) is 0 Å². The summed E-state index contributed by atoms with van der Waals surface area (Å²) < 4.78 is 10.6. The third-order valence-corrected chi connectivity index (χ3v) is 4.02. The summed E-state index contributed by atoms with van der Waals surface area (Å²) >= 11 is 0. The number of ether oxygens (including phenoxy) is 2. The largest absolute Gasteiger partial charge is 0.493 e. The second kappa shape index (κ2) is 9.91. The zero-order chi connectivity index (χ0) is 17.5. The Kier molecular flexibility index (Phi) is 8.25. The third-order valence-electron chi connectivity index (χ3n) is 4.02. The van der Waals surface area contributed by atoms with Gasteiger partial charge in [-0.05, 0) is 42.2 Å². The van der Waals surface area contributed by atoms with Crippen molar-refractivity contribution in [2.24, 2.45) is 5.73 Å². The van der Waals surface area contributed by atoms with Crippen LogP contribution in [0.15, 0.2) is 42.5 Å². The summed E-state index contributed by atoms with van der Waals surface area (Å²) in [5, 5.41) is 2.99. The standard InChI is InChI=1S/C19H24N2O3.ClH/c1-13-6-4-5-7-14(13)10-16(21-19(22)12-20)15-8-9-17(23-2)18(11-15)24-3;/h4-9,11,16H,10,12,20H2,1-3H3,(H,21,22);1H. The predicted molar refractivity (Wildman–Crippen MR) is 102 cm³/mol. The molecule has 0 aliphatic carbocycles. The summed E-state index contributed by atoms with van der Waals surface area (Å²) in [6.07, 6.45) is 0.675. The number of halogens is 1.